The van der Waals surface area contributed by atoms with E-state index in [1.165, 1.54) is 11.1 Å². The van der Waals surface area contributed by atoms with Gasteiger partial charge < -0.3 is 20.0 Å². The lowest BCUT2D eigenvalue weighted by Gasteiger charge is -2.36. The molecule has 2 saturated heterocycles. The highest BCUT2D eigenvalue weighted by atomic mass is 15.3. The van der Waals surface area contributed by atoms with Gasteiger partial charge in [-0.15, -0.1) is 0 Å². The van der Waals surface area contributed by atoms with Crippen LogP contribution in [0.25, 0.3) is 0 Å². The Kier molecular flexibility index (Phi) is 7.96. The number of aromatic nitrogens is 1. The Morgan fingerprint density at radius 2 is 1.69 bits per heavy atom. The Bertz CT molecular complexity index is 854. The first-order chi connectivity index (χ1) is 15.7. The second-order valence-corrected chi connectivity index (χ2v) is 8.73. The molecule has 0 unspecified atom stereocenters. The lowest BCUT2D eigenvalue weighted by molar-refractivity contribution is 0.172. The Balaban J connectivity index is 1.34. The van der Waals surface area contributed by atoms with E-state index in [2.05, 4.69) is 86.3 Å². The van der Waals surface area contributed by atoms with Gasteiger partial charge in [0.25, 0.3) is 0 Å². The summed E-state index contributed by atoms with van der Waals surface area (Å²) in [4.78, 5) is 19.3. The molecule has 1 aromatic carbocycles. The molecule has 0 atom stereocenters. The van der Waals surface area contributed by atoms with E-state index in [1.54, 1.807) is 0 Å². The van der Waals surface area contributed by atoms with Crippen molar-refractivity contribution in [1.29, 1.82) is 0 Å². The van der Waals surface area contributed by atoms with Crippen LogP contribution in [0.4, 0.5) is 5.82 Å². The van der Waals surface area contributed by atoms with Gasteiger partial charge in [-0.2, -0.15) is 0 Å². The summed E-state index contributed by atoms with van der Waals surface area (Å²) in [7, 11) is 2.18. The average Bonchev–Trinajstić information content (AvgIpc) is 2.84. The molecule has 2 aliphatic heterocycles. The zero-order chi connectivity index (χ0) is 22.2. The topological polar surface area (TPSA) is 50.2 Å². The van der Waals surface area contributed by atoms with Crippen molar-refractivity contribution < 1.29 is 0 Å². The first kappa shape index (κ1) is 22.6. The van der Waals surface area contributed by atoms with Crippen LogP contribution in [0.3, 0.4) is 0 Å². The minimum Gasteiger partial charge on any atom is -0.357 e. The number of nitrogens with one attached hydrogen (secondary N) is 1. The highest BCUT2D eigenvalue weighted by molar-refractivity contribution is 5.80. The minimum atomic E-state index is 0.676. The molecule has 2 aliphatic rings. The number of benzene rings is 1. The Morgan fingerprint density at radius 3 is 2.41 bits per heavy atom. The summed E-state index contributed by atoms with van der Waals surface area (Å²) in [5.41, 5.74) is 2.60. The van der Waals surface area contributed by atoms with Gasteiger partial charge in [0.1, 0.15) is 5.82 Å². The van der Waals surface area contributed by atoms with Crippen molar-refractivity contribution in [2.75, 3.05) is 70.9 Å². The molecule has 2 fully saturated rings. The fourth-order valence-electron chi connectivity index (χ4n) is 4.32. The zero-order valence-electron chi connectivity index (χ0n) is 19.6. The van der Waals surface area contributed by atoms with E-state index in [9.17, 15) is 0 Å². The van der Waals surface area contributed by atoms with Gasteiger partial charge in [0.2, 0.25) is 0 Å². The minimum absolute atomic E-state index is 0.676. The number of hydrogen-bond acceptors (Lipinski definition) is 5. The van der Waals surface area contributed by atoms with E-state index >= 15 is 0 Å². The van der Waals surface area contributed by atoms with Crippen molar-refractivity contribution in [2.45, 2.75) is 20.0 Å². The highest BCUT2D eigenvalue weighted by Gasteiger charge is 2.20. The molecule has 0 bridgehead atoms. The maximum absolute atomic E-state index is 4.97. The van der Waals surface area contributed by atoms with Crippen LogP contribution in [0.1, 0.15) is 18.1 Å². The number of rotatable bonds is 6. The second kappa shape index (κ2) is 11.3. The van der Waals surface area contributed by atoms with Crippen LogP contribution in [0, 0.1) is 0 Å². The molecular formula is C25H37N7. The third-order valence-corrected chi connectivity index (χ3v) is 6.30. The number of likely N-dealkylation sites (N-methyl/N-ethyl adjacent to an activating group) is 1. The molecule has 7 heteroatoms. The Labute approximate surface area is 192 Å². The van der Waals surface area contributed by atoms with E-state index in [-0.39, 0.29) is 0 Å². The van der Waals surface area contributed by atoms with Crippen molar-refractivity contribution in [3.8, 4) is 0 Å². The van der Waals surface area contributed by atoms with Crippen LogP contribution in [0.5, 0.6) is 0 Å². The quantitative estimate of drug-likeness (QED) is 0.554. The average molecular weight is 436 g/mol. The van der Waals surface area contributed by atoms with Crippen molar-refractivity contribution in [3.63, 3.8) is 0 Å². The fourth-order valence-corrected chi connectivity index (χ4v) is 4.32. The van der Waals surface area contributed by atoms with E-state index in [4.69, 9.17) is 4.99 Å². The monoisotopic (exact) mass is 435 g/mol. The fraction of sp³-hybridized carbons (Fsp3) is 0.520. The maximum atomic E-state index is 4.97. The second-order valence-electron chi connectivity index (χ2n) is 8.73. The number of piperazine rings is 2. The van der Waals surface area contributed by atoms with Crippen LogP contribution in [0.15, 0.2) is 53.7 Å². The first-order valence-corrected chi connectivity index (χ1v) is 11.9. The molecule has 0 spiro atoms. The number of anilines is 1. The van der Waals surface area contributed by atoms with Gasteiger partial charge in [-0.05, 0) is 37.2 Å². The summed E-state index contributed by atoms with van der Waals surface area (Å²) < 4.78 is 0. The molecule has 32 heavy (non-hydrogen) atoms. The van der Waals surface area contributed by atoms with Gasteiger partial charge in [0.15, 0.2) is 5.96 Å². The molecule has 172 valence electrons. The third kappa shape index (κ3) is 6.20. The summed E-state index contributed by atoms with van der Waals surface area (Å²) in [6.45, 7) is 13.1. The number of aliphatic imine (C=N–C) groups is 1. The molecule has 0 radical (unpaired) electrons. The molecule has 3 heterocycles. The van der Waals surface area contributed by atoms with Gasteiger partial charge in [0.05, 0.1) is 6.54 Å². The van der Waals surface area contributed by atoms with Crippen LogP contribution >= 0.6 is 0 Å². The van der Waals surface area contributed by atoms with E-state index in [0.717, 1.165) is 77.2 Å². The molecular weight excluding hydrogens is 398 g/mol. The van der Waals surface area contributed by atoms with Crippen molar-refractivity contribution in [3.05, 3.63) is 59.8 Å². The molecule has 0 amide bonds. The van der Waals surface area contributed by atoms with Crippen LogP contribution in [0.2, 0.25) is 0 Å². The molecule has 0 saturated carbocycles. The maximum Gasteiger partial charge on any atom is 0.194 e. The smallest absolute Gasteiger partial charge is 0.194 e. The van der Waals surface area contributed by atoms with Crippen LogP contribution in [-0.4, -0.2) is 91.6 Å². The SMILES string of the molecule is CCNC(=NCc1ccnc(N2CCN(C)CC2)c1)N1CCN(Cc2ccccc2)CC1. The molecule has 7 nitrogen and oxygen atoms in total. The van der Waals surface area contributed by atoms with E-state index in [1.807, 2.05) is 6.20 Å². The zero-order valence-corrected chi connectivity index (χ0v) is 19.6. The predicted molar refractivity (Wildman–Crippen MR) is 132 cm³/mol. The molecule has 2 aromatic rings. The Hall–Kier alpha value is -2.64. The predicted octanol–water partition coefficient (Wildman–Crippen LogP) is 2.12. The first-order valence-electron chi connectivity index (χ1n) is 11.9. The number of nitrogens with zero attached hydrogens (tertiary/aromatic N) is 6. The normalized spacial score (nSPS) is 18.8. The number of hydrogen-bond donors (Lipinski definition) is 1. The molecule has 1 N–H and O–H groups in total. The van der Waals surface area contributed by atoms with Crippen molar-refractivity contribution in [2.24, 2.45) is 4.99 Å². The summed E-state index contributed by atoms with van der Waals surface area (Å²) in [5, 5.41) is 3.50. The summed E-state index contributed by atoms with van der Waals surface area (Å²) >= 11 is 0. The number of pyridine rings is 1. The third-order valence-electron chi connectivity index (χ3n) is 6.30. The Morgan fingerprint density at radius 1 is 0.938 bits per heavy atom. The van der Waals surface area contributed by atoms with Gasteiger partial charge in [-0.3, -0.25) is 4.90 Å². The molecule has 4 rings (SSSR count). The van der Waals surface area contributed by atoms with Gasteiger partial charge in [-0.25, -0.2) is 9.98 Å². The van der Waals surface area contributed by atoms with E-state index < -0.39 is 0 Å². The summed E-state index contributed by atoms with van der Waals surface area (Å²) in [5.74, 6) is 2.09. The van der Waals surface area contributed by atoms with E-state index in [0.29, 0.717) is 6.54 Å². The largest absolute Gasteiger partial charge is 0.357 e. The summed E-state index contributed by atoms with van der Waals surface area (Å²) in [6.07, 6.45) is 1.92. The lowest BCUT2D eigenvalue weighted by Crippen LogP contribution is -2.52. The lowest BCUT2D eigenvalue weighted by atomic mass is 10.2. The highest BCUT2D eigenvalue weighted by Crippen LogP contribution is 2.16. The van der Waals surface area contributed by atoms with Gasteiger partial charge in [0, 0.05) is 71.6 Å². The number of guanidine groups is 1. The molecule has 0 aliphatic carbocycles. The van der Waals surface area contributed by atoms with Gasteiger partial charge >= 0.3 is 0 Å². The van der Waals surface area contributed by atoms with Crippen LogP contribution < -0.4 is 10.2 Å². The summed E-state index contributed by atoms with van der Waals surface area (Å²) in [6, 6.07) is 15.0. The van der Waals surface area contributed by atoms with Gasteiger partial charge in [-0.1, -0.05) is 30.3 Å². The van der Waals surface area contributed by atoms with Crippen molar-refractivity contribution in [1.82, 2.24) is 25.0 Å². The van der Waals surface area contributed by atoms with Crippen molar-refractivity contribution >= 4 is 11.8 Å². The van der Waals surface area contributed by atoms with Crippen LogP contribution in [-0.2, 0) is 13.1 Å². The molecule has 1 aromatic heterocycles. The standard InChI is InChI=1S/C25H37N7/c1-3-26-25(32-17-13-30(14-18-32)21-22-7-5-4-6-8-22)28-20-23-9-10-27-24(19-23)31-15-11-29(2)12-16-31/h4-10,19H,3,11-18,20-21H2,1-2H3,(H,26,28).